The molecule has 2 N–H and O–H groups in total. The van der Waals surface area contributed by atoms with Gasteiger partial charge < -0.3 is 19.6 Å². The Kier molecular flexibility index (Phi) is 15.5. The number of urea groups is 1. The Bertz CT molecular complexity index is 1020. The van der Waals surface area contributed by atoms with Gasteiger partial charge in [-0.15, -0.1) is 6.42 Å². The van der Waals surface area contributed by atoms with Crippen molar-refractivity contribution in [3.63, 3.8) is 0 Å². The summed E-state index contributed by atoms with van der Waals surface area (Å²) in [6.07, 6.45) is 5.29. The lowest BCUT2D eigenvalue weighted by molar-refractivity contribution is -0.133. The summed E-state index contributed by atoms with van der Waals surface area (Å²) in [5.41, 5.74) is 1.56. The van der Waals surface area contributed by atoms with Crippen LogP contribution in [0.5, 0.6) is 0 Å². The molecule has 0 radical (unpaired) electrons. The lowest BCUT2D eigenvalue weighted by Crippen LogP contribution is -2.27. The predicted octanol–water partition coefficient (Wildman–Crippen LogP) is 4.32. The molecule has 1 aromatic carbocycles. The third-order valence-corrected chi connectivity index (χ3v) is 5.42. The van der Waals surface area contributed by atoms with Gasteiger partial charge in [0.15, 0.2) is 5.69 Å². The maximum atomic E-state index is 12.1. The second kappa shape index (κ2) is 17.1. The number of hydrogen-bond donors (Lipinski definition) is 2. The van der Waals surface area contributed by atoms with E-state index in [1.807, 2.05) is 39.8 Å². The zero-order valence-corrected chi connectivity index (χ0v) is 23.2. The van der Waals surface area contributed by atoms with Crippen molar-refractivity contribution in [3.8, 4) is 22.9 Å². The van der Waals surface area contributed by atoms with Gasteiger partial charge in [-0.2, -0.15) is 0 Å². The normalized spacial score (nSPS) is 13.5. The number of esters is 1. The summed E-state index contributed by atoms with van der Waals surface area (Å²) >= 11 is 1.19. The molecule has 10 heteroatoms. The van der Waals surface area contributed by atoms with Gasteiger partial charge in [0.25, 0.3) is 5.91 Å². The summed E-state index contributed by atoms with van der Waals surface area (Å²) in [6, 6.07) is 6.90. The number of amides is 3. The number of ether oxygens (including phenoxy) is 1. The quantitative estimate of drug-likeness (QED) is 0.460. The Hall–Kier alpha value is -3.42. The van der Waals surface area contributed by atoms with Gasteiger partial charge in [0.1, 0.15) is 16.1 Å². The molecule has 198 valence electrons. The van der Waals surface area contributed by atoms with E-state index in [0.29, 0.717) is 28.5 Å². The number of thiazole rings is 1. The van der Waals surface area contributed by atoms with E-state index in [1.54, 1.807) is 40.2 Å². The lowest BCUT2D eigenvalue weighted by atomic mass is 10.1. The van der Waals surface area contributed by atoms with Crippen molar-refractivity contribution < 1.29 is 24.2 Å². The van der Waals surface area contributed by atoms with Gasteiger partial charge in [0.2, 0.25) is 0 Å². The predicted molar refractivity (Wildman–Crippen MR) is 145 cm³/mol. The van der Waals surface area contributed by atoms with Gasteiger partial charge in [0, 0.05) is 38.8 Å². The molecule has 0 aliphatic carbocycles. The van der Waals surface area contributed by atoms with Gasteiger partial charge in [-0.3, -0.25) is 10.1 Å². The number of nitrogens with one attached hydrogen (secondary N) is 1. The van der Waals surface area contributed by atoms with Crippen LogP contribution in [0.3, 0.4) is 0 Å². The summed E-state index contributed by atoms with van der Waals surface area (Å²) in [6.45, 7) is 10.6. The molecular weight excluding hydrogens is 480 g/mol. The number of likely N-dealkylation sites (tertiary alicyclic amines) is 1. The van der Waals surface area contributed by atoms with E-state index in [9.17, 15) is 14.4 Å². The number of nitrogens with zero attached hydrogens (tertiary/aromatic N) is 3. The number of carbonyl (C=O) groups excluding carboxylic acids is 3. The van der Waals surface area contributed by atoms with Crippen molar-refractivity contribution in [3.05, 3.63) is 35.5 Å². The summed E-state index contributed by atoms with van der Waals surface area (Å²) in [5.74, 6) is 1.83. The maximum Gasteiger partial charge on any atom is 0.360 e. The fraction of sp³-hybridized carbons (Fsp3) is 0.462. The number of aliphatic hydroxyl groups excluding tert-OH is 1. The first-order chi connectivity index (χ1) is 17.2. The van der Waals surface area contributed by atoms with E-state index in [-0.39, 0.29) is 24.2 Å². The second-order valence-electron chi connectivity index (χ2n) is 7.03. The average Bonchev–Trinajstić information content (AvgIpc) is 3.45. The summed E-state index contributed by atoms with van der Waals surface area (Å²) in [4.78, 5) is 41.8. The fourth-order valence-electron chi connectivity index (χ4n) is 2.62. The Labute approximate surface area is 218 Å². The number of terminal acetylenes is 1. The highest BCUT2D eigenvalue weighted by atomic mass is 32.1. The average molecular weight is 519 g/mol. The number of aromatic nitrogens is 1. The van der Waals surface area contributed by atoms with Crippen LogP contribution >= 0.6 is 11.3 Å². The molecule has 1 aromatic heterocycles. The van der Waals surface area contributed by atoms with Crippen LogP contribution in [0.15, 0.2) is 24.3 Å². The van der Waals surface area contributed by atoms with Crippen molar-refractivity contribution >= 4 is 34.2 Å². The van der Waals surface area contributed by atoms with Crippen LogP contribution in [-0.4, -0.2) is 78.2 Å². The fourth-order valence-corrected chi connectivity index (χ4v) is 3.56. The standard InChI is InChI=1S/C17H17N3O3S.C5H9NO2.2C2H6/c1-5-11-8-7-9-12(10-11)14-18-13(16(21)23-6-2)15(24-14)19-17(22)20(3)4;1-6-3-2-4(7)5(6)8;2*1-2/h1,7-10H,6H2,2-4H3,(H,19,22);4,7H,2-3H2,1H3;2*1-2H3. The van der Waals surface area contributed by atoms with Crippen molar-refractivity contribution in [1.29, 1.82) is 0 Å². The topological polar surface area (TPSA) is 112 Å². The number of aliphatic hydroxyl groups is 1. The first kappa shape index (κ1) is 32.6. The molecule has 1 atom stereocenters. The van der Waals surface area contributed by atoms with Crippen LogP contribution < -0.4 is 5.32 Å². The van der Waals surface area contributed by atoms with Crippen molar-refractivity contribution in [2.45, 2.75) is 47.1 Å². The zero-order valence-electron chi connectivity index (χ0n) is 22.4. The third-order valence-electron chi connectivity index (χ3n) is 4.40. The van der Waals surface area contributed by atoms with Crippen LogP contribution in [0.2, 0.25) is 0 Å². The monoisotopic (exact) mass is 518 g/mol. The molecule has 1 aliphatic rings. The molecule has 1 fully saturated rings. The van der Waals surface area contributed by atoms with E-state index >= 15 is 0 Å². The molecule has 1 aliphatic heterocycles. The van der Waals surface area contributed by atoms with Crippen LogP contribution in [0.1, 0.15) is 57.1 Å². The minimum Gasteiger partial charge on any atom is -0.461 e. The van der Waals surface area contributed by atoms with Crippen LogP contribution in [0.4, 0.5) is 9.80 Å². The third kappa shape index (κ3) is 9.68. The molecule has 3 rings (SSSR count). The van der Waals surface area contributed by atoms with Crippen molar-refractivity contribution in [1.82, 2.24) is 14.8 Å². The van der Waals surface area contributed by atoms with E-state index < -0.39 is 12.1 Å². The molecule has 0 bridgehead atoms. The molecule has 36 heavy (non-hydrogen) atoms. The van der Waals surface area contributed by atoms with Crippen molar-refractivity contribution in [2.75, 3.05) is 39.6 Å². The second-order valence-corrected chi connectivity index (χ2v) is 8.03. The van der Waals surface area contributed by atoms with Crippen molar-refractivity contribution in [2.24, 2.45) is 0 Å². The lowest BCUT2D eigenvalue weighted by Gasteiger charge is -2.11. The Morgan fingerprint density at radius 1 is 1.31 bits per heavy atom. The molecular formula is C26H38N4O5S. The largest absolute Gasteiger partial charge is 0.461 e. The van der Waals surface area contributed by atoms with Crippen LogP contribution in [0.25, 0.3) is 10.6 Å². The number of benzene rings is 1. The minimum absolute atomic E-state index is 0.0816. The molecule has 1 saturated heterocycles. The molecule has 0 saturated carbocycles. The molecule has 2 aromatic rings. The minimum atomic E-state index is -0.722. The summed E-state index contributed by atoms with van der Waals surface area (Å²) in [7, 11) is 4.91. The molecule has 3 amide bonds. The van der Waals surface area contributed by atoms with Gasteiger partial charge >= 0.3 is 12.0 Å². The number of anilines is 1. The highest BCUT2D eigenvalue weighted by molar-refractivity contribution is 7.19. The summed E-state index contributed by atoms with van der Waals surface area (Å²) in [5, 5.41) is 12.4. The molecule has 9 nitrogen and oxygen atoms in total. The van der Waals surface area contributed by atoms with E-state index in [4.69, 9.17) is 16.3 Å². The zero-order chi connectivity index (χ0) is 27.8. The Morgan fingerprint density at radius 2 is 1.94 bits per heavy atom. The summed E-state index contributed by atoms with van der Waals surface area (Å²) < 4.78 is 5.01. The van der Waals surface area contributed by atoms with E-state index in [1.165, 1.54) is 21.1 Å². The highest BCUT2D eigenvalue weighted by Crippen LogP contribution is 2.33. The van der Waals surface area contributed by atoms with Gasteiger partial charge in [0.05, 0.1) is 6.61 Å². The van der Waals surface area contributed by atoms with Crippen LogP contribution in [-0.2, 0) is 9.53 Å². The smallest absolute Gasteiger partial charge is 0.360 e. The number of likely N-dealkylation sites (N-methyl/N-ethyl adjacent to an activating group) is 1. The highest BCUT2D eigenvalue weighted by Gasteiger charge is 2.26. The maximum absolute atomic E-state index is 12.1. The SMILES string of the molecule is C#Cc1cccc(-c2nc(C(=O)OCC)c(NC(=O)N(C)C)s2)c1.CC.CC.CN1CCC(O)C1=O. The number of hydrogen-bond acceptors (Lipinski definition) is 7. The van der Waals surface area contributed by atoms with Crippen LogP contribution in [0, 0.1) is 12.3 Å². The van der Waals surface area contributed by atoms with E-state index in [0.717, 1.165) is 5.56 Å². The first-order valence-corrected chi connectivity index (χ1v) is 12.7. The van der Waals surface area contributed by atoms with Gasteiger partial charge in [-0.1, -0.05) is 57.1 Å². The molecule has 1 unspecified atom stereocenters. The van der Waals surface area contributed by atoms with Gasteiger partial charge in [-0.25, -0.2) is 14.6 Å². The number of carbonyl (C=O) groups is 3. The Morgan fingerprint density at radius 3 is 2.39 bits per heavy atom. The van der Waals surface area contributed by atoms with Gasteiger partial charge in [-0.05, 0) is 25.5 Å². The Balaban J connectivity index is 0.000000850. The molecule has 0 spiro atoms. The van der Waals surface area contributed by atoms with E-state index in [2.05, 4.69) is 16.2 Å². The molecule has 2 heterocycles. The number of rotatable bonds is 4. The first-order valence-electron chi connectivity index (χ1n) is 11.8.